The van der Waals surface area contributed by atoms with E-state index in [4.69, 9.17) is 19.9 Å². The smallest absolute Gasteiger partial charge is 0.151 e. The summed E-state index contributed by atoms with van der Waals surface area (Å²) in [4.78, 5) is 0. The van der Waals surface area contributed by atoms with Gasteiger partial charge in [0.2, 0.25) is 0 Å². The second-order valence-corrected chi connectivity index (χ2v) is 8.45. The molecule has 190 valence electrons. The van der Waals surface area contributed by atoms with Crippen LogP contribution in [0, 0.1) is 0 Å². The number of ether oxygens (including phenoxy) is 3. The summed E-state index contributed by atoms with van der Waals surface area (Å²) in [5.41, 5.74) is 10.5. The molecule has 2 heterocycles. The highest BCUT2D eigenvalue weighted by Gasteiger charge is 2.37. The van der Waals surface area contributed by atoms with Gasteiger partial charge >= 0.3 is 0 Å². The molecule has 0 bridgehead atoms. The molecule has 3 N–H and O–H groups in total. The topological polar surface area (TPSA) is 103 Å². The molecule has 1 aromatic carbocycles. The fourth-order valence-corrected chi connectivity index (χ4v) is 4.40. The summed E-state index contributed by atoms with van der Waals surface area (Å²) in [6, 6.07) is 8.30. The Bertz CT molecular complexity index is 975. The maximum atomic E-state index is 6.53. The summed E-state index contributed by atoms with van der Waals surface area (Å²) >= 11 is 0. The molecule has 0 radical (unpaired) electrons. The first-order valence-electron chi connectivity index (χ1n) is 12.6. The van der Waals surface area contributed by atoms with Crippen molar-refractivity contribution < 1.29 is 14.2 Å². The summed E-state index contributed by atoms with van der Waals surface area (Å²) in [5, 5.41) is 15.5. The normalized spacial score (nSPS) is 19.5. The van der Waals surface area contributed by atoms with Crippen molar-refractivity contribution in [3.8, 4) is 5.75 Å². The average molecular weight is 482 g/mol. The van der Waals surface area contributed by atoms with Crippen LogP contribution in [0.3, 0.4) is 0 Å². The first-order chi connectivity index (χ1) is 17.2. The summed E-state index contributed by atoms with van der Waals surface area (Å²) in [6.45, 7) is 6.98. The number of allylic oxidation sites excluding steroid dienone is 4. The van der Waals surface area contributed by atoms with E-state index in [1.165, 1.54) is 11.1 Å². The molecule has 35 heavy (non-hydrogen) atoms. The van der Waals surface area contributed by atoms with E-state index in [-0.39, 0.29) is 12.4 Å². The maximum Gasteiger partial charge on any atom is 0.151 e. The van der Waals surface area contributed by atoms with Crippen molar-refractivity contribution in [3.63, 3.8) is 0 Å². The molecule has 0 aromatic heterocycles. The second-order valence-electron chi connectivity index (χ2n) is 8.45. The molecule has 4 rings (SSSR count). The van der Waals surface area contributed by atoms with Crippen LogP contribution >= 0.6 is 0 Å². The Kier molecular flexibility index (Phi) is 10.7. The molecule has 1 aromatic rings. The molecule has 0 unspecified atom stereocenters. The quantitative estimate of drug-likeness (QED) is 0.136. The van der Waals surface area contributed by atoms with Crippen LogP contribution in [0.25, 0.3) is 5.57 Å². The van der Waals surface area contributed by atoms with Crippen LogP contribution < -0.4 is 15.8 Å². The van der Waals surface area contributed by atoms with Crippen LogP contribution in [0.2, 0.25) is 0 Å². The molecular formula is C27H39N5O3. The number of amidine groups is 1. The number of nitrogens with zero attached hydrogens (tertiary/aromatic N) is 3. The van der Waals surface area contributed by atoms with Gasteiger partial charge in [-0.25, -0.2) is 0 Å². The minimum Gasteiger partial charge on any atom is -0.482 e. The molecule has 8 heteroatoms. The van der Waals surface area contributed by atoms with Gasteiger partial charge in [0.1, 0.15) is 18.1 Å². The molecule has 3 aliphatic rings. The third kappa shape index (κ3) is 7.34. The molecule has 1 aliphatic carbocycles. The molecule has 1 saturated heterocycles. The number of methoxy groups -OCH3 is 1. The first kappa shape index (κ1) is 26.8. The number of para-hydroxylation sites is 1. The third-order valence-electron chi connectivity index (χ3n) is 6.08. The Morgan fingerprint density at radius 2 is 2.00 bits per heavy atom. The fraction of sp³-hybridized carbons (Fsp3) is 0.519. The Labute approximate surface area is 209 Å². The Balaban J connectivity index is 0.00000167. The number of piperidine rings is 1. The molecular weight excluding hydrogens is 442 g/mol. The van der Waals surface area contributed by atoms with E-state index in [0.717, 1.165) is 62.1 Å². The molecule has 0 amide bonds. The minimum atomic E-state index is -0.269. The van der Waals surface area contributed by atoms with E-state index in [9.17, 15) is 0 Å². The second kappa shape index (κ2) is 13.9. The highest BCUT2D eigenvalue weighted by Crippen LogP contribution is 2.43. The van der Waals surface area contributed by atoms with Crippen LogP contribution in [0.15, 0.2) is 69.1 Å². The van der Waals surface area contributed by atoms with Crippen molar-refractivity contribution >= 4 is 11.4 Å². The van der Waals surface area contributed by atoms with Gasteiger partial charge in [-0.1, -0.05) is 38.1 Å². The number of hydrogen-bond donors (Lipinski definition) is 2. The van der Waals surface area contributed by atoms with Crippen LogP contribution in [-0.4, -0.2) is 51.6 Å². The van der Waals surface area contributed by atoms with Crippen LogP contribution in [0.1, 0.15) is 51.5 Å². The predicted octanol–water partition coefficient (Wildman–Crippen LogP) is 4.99. The number of hydrogen-bond acceptors (Lipinski definition) is 6. The largest absolute Gasteiger partial charge is 0.482 e. The zero-order chi connectivity index (χ0) is 24.9. The van der Waals surface area contributed by atoms with Crippen molar-refractivity contribution in [1.29, 1.82) is 0 Å². The lowest BCUT2D eigenvalue weighted by molar-refractivity contribution is -0.0273. The zero-order valence-electron chi connectivity index (χ0n) is 21.3. The average Bonchev–Trinajstić information content (AvgIpc) is 3.16. The maximum absolute atomic E-state index is 6.53. The Hall–Kier alpha value is -2.81. The highest BCUT2D eigenvalue weighted by molar-refractivity contribution is 5.99. The van der Waals surface area contributed by atoms with Crippen molar-refractivity contribution in [2.24, 2.45) is 21.2 Å². The van der Waals surface area contributed by atoms with Crippen molar-refractivity contribution in [3.05, 3.63) is 59.2 Å². The lowest BCUT2D eigenvalue weighted by Crippen LogP contribution is -2.46. The molecule has 1 fully saturated rings. The van der Waals surface area contributed by atoms with E-state index in [0.29, 0.717) is 19.0 Å². The number of fused-ring (bicyclic) bond motifs is 1. The Morgan fingerprint density at radius 3 is 2.80 bits per heavy atom. The predicted molar refractivity (Wildman–Crippen MR) is 140 cm³/mol. The monoisotopic (exact) mass is 481 g/mol. The summed E-state index contributed by atoms with van der Waals surface area (Å²) in [5.74, 6) is 1.35. The van der Waals surface area contributed by atoms with E-state index < -0.39 is 0 Å². The van der Waals surface area contributed by atoms with Gasteiger partial charge in [0.25, 0.3) is 0 Å². The zero-order valence-corrected chi connectivity index (χ0v) is 21.3. The van der Waals surface area contributed by atoms with Crippen LogP contribution in [-0.2, 0) is 9.47 Å². The van der Waals surface area contributed by atoms with Crippen molar-refractivity contribution in [2.75, 3.05) is 40.1 Å². The van der Waals surface area contributed by atoms with E-state index in [1.54, 1.807) is 7.11 Å². The van der Waals surface area contributed by atoms with Crippen LogP contribution in [0.5, 0.6) is 5.75 Å². The van der Waals surface area contributed by atoms with Gasteiger partial charge in [0.05, 0.1) is 13.2 Å². The van der Waals surface area contributed by atoms with E-state index >= 15 is 0 Å². The molecule has 0 atom stereocenters. The van der Waals surface area contributed by atoms with Gasteiger partial charge < -0.3 is 25.3 Å². The molecule has 1 spiro atoms. The first-order valence-corrected chi connectivity index (χ1v) is 12.6. The summed E-state index contributed by atoms with van der Waals surface area (Å²) in [7, 11) is 1.58. The standard InChI is InChI=1S/C25H33N5O3.C2H6/c1-31-18-32-15-14-28-30-29-24(26)20-7-3-2-6-19(16-20)22-17-25(10-12-27-13-11-25)33-23-9-5-4-8-21(22)23;1-2/h4-6,8-9,16-17,27H,2-3,7,10-15,18H2,1H3,(H2,26,28,29);1-2H3. The lowest BCUT2D eigenvalue weighted by atomic mass is 9.83. The molecule has 0 saturated carbocycles. The highest BCUT2D eigenvalue weighted by atomic mass is 16.7. The minimum absolute atomic E-state index is 0.241. The van der Waals surface area contributed by atoms with Crippen LogP contribution in [0.4, 0.5) is 0 Å². The van der Waals surface area contributed by atoms with Crippen molar-refractivity contribution in [2.45, 2.75) is 51.6 Å². The summed E-state index contributed by atoms with van der Waals surface area (Å²) < 4.78 is 16.5. The van der Waals surface area contributed by atoms with Gasteiger partial charge in [-0.05, 0) is 72.5 Å². The third-order valence-corrected chi connectivity index (χ3v) is 6.08. The lowest BCUT2D eigenvalue weighted by Gasteiger charge is -2.40. The number of nitrogens with two attached hydrogens (primary N) is 1. The SMILES string of the molecule is CC.COCOCCN=N/N=C(\N)C1=CC(C2=CC3(CCNCC3)Oc3ccccc32)=CCCC1. The van der Waals surface area contributed by atoms with Gasteiger partial charge in [0, 0.05) is 25.5 Å². The van der Waals surface area contributed by atoms with Gasteiger partial charge in [-0.3, -0.25) is 0 Å². The molecule has 2 aliphatic heterocycles. The van der Waals surface area contributed by atoms with Gasteiger partial charge in [0.15, 0.2) is 5.84 Å². The summed E-state index contributed by atoms with van der Waals surface area (Å²) in [6.07, 6.45) is 11.5. The van der Waals surface area contributed by atoms with Gasteiger partial charge in [-0.15, -0.1) is 5.10 Å². The van der Waals surface area contributed by atoms with Gasteiger partial charge in [-0.2, -0.15) is 5.11 Å². The van der Waals surface area contributed by atoms with E-state index in [2.05, 4.69) is 57.2 Å². The van der Waals surface area contributed by atoms with Crippen molar-refractivity contribution in [1.82, 2.24) is 5.32 Å². The number of nitrogens with one attached hydrogen (secondary N) is 1. The van der Waals surface area contributed by atoms with E-state index in [1.807, 2.05) is 19.9 Å². The number of benzene rings is 1. The molecule has 8 nitrogen and oxygen atoms in total. The number of rotatable bonds is 8. The fourth-order valence-electron chi connectivity index (χ4n) is 4.40. The Morgan fingerprint density at radius 1 is 1.20 bits per heavy atom.